The third-order valence-electron chi connectivity index (χ3n) is 16.7. The molecule has 12 heteroatoms. The van der Waals surface area contributed by atoms with Crippen molar-refractivity contribution in [3.63, 3.8) is 0 Å². The molecule has 0 unspecified atom stereocenters. The summed E-state index contributed by atoms with van der Waals surface area (Å²) < 4.78 is 0. The van der Waals surface area contributed by atoms with Crippen molar-refractivity contribution in [1.82, 2.24) is 29.9 Å². The van der Waals surface area contributed by atoms with Crippen LogP contribution in [0, 0.1) is 43.3 Å². The van der Waals surface area contributed by atoms with Gasteiger partial charge in [0.05, 0.1) is 24.2 Å². The van der Waals surface area contributed by atoms with E-state index in [1.54, 1.807) is 18.6 Å². The molecule has 6 heterocycles. The average Bonchev–Trinajstić information content (AvgIpc) is 0.834. The topological polar surface area (TPSA) is 77.3 Å². The van der Waals surface area contributed by atoms with Crippen molar-refractivity contribution in [2.24, 2.45) is 0 Å². The fourth-order valence-corrected chi connectivity index (χ4v) is 14.2. The van der Waals surface area contributed by atoms with Crippen LogP contribution in [0.25, 0.3) is 101 Å². The van der Waals surface area contributed by atoms with E-state index >= 15 is 0 Å². The minimum Gasteiger partial charge on any atom is -0.305 e. The van der Waals surface area contributed by atoms with Gasteiger partial charge >= 0.3 is 0 Å². The Morgan fingerprint density at radius 2 is 0.519 bits per heavy atom. The van der Waals surface area contributed by atoms with Crippen molar-refractivity contribution in [1.29, 1.82) is 0 Å². The number of benzene rings is 9. The number of hydrogen-bond donors (Lipinski definition) is 0. The Morgan fingerprint density at radius 3 is 0.774 bits per heavy atom. The fraction of sp³-hybridized carbons (Fsp3) is 0.106. The summed E-state index contributed by atoms with van der Waals surface area (Å²) >= 11 is 0. The van der Waals surface area contributed by atoms with Gasteiger partial charge in [0.15, 0.2) is 0 Å². The van der Waals surface area contributed by atoms with Crippen LogP contribution in [0.4, 0.5) is 0 Å². The minimum atomic E-state index is -1.28. The molecule has 0 aliphatic rings. The molecule has 6 aromatic heterocycles. The molecule has 537 valence electrons. The molecular weight excluding hydrogens is 1870 g/mol. The van der Waals surface area contributed by atoms with Crippen LogP contribution < -0.4 is 15.6 Å². The second-order valence-corrected chi connectivity index (χ2v) is 42.8. The van der Waals surface area contributed by atoms with Crippen LogP contribution in [0.3, 0.4) is 0 Å². The smallest absolute Gasteiger partial charge is 0.0775 e. The van der Waals surface area contributed by atoms with Gasteiger partial charge in [-0.15, -0.1) is 197 Å². The summed E-state index contributed by atoms with van der Waals surface area (Å²) in [6.45, 7) is 23.4. The predicted octanol–water partition coefficient (Wildman–Crippen LogP) is 22.2. The molecule has 106 heavy (non-hydrogen) atoms. The first kappa shape index (κ1) is 83.7. The van der Waals surface area contributed by atoms with E-state index in [4.69, 9.17) is 0 Å². The molecule has 0 atom stereocenters. The van der Waals surface area contributed by atoms with Crippen molar-refractivity contribution in [2.45, 2.75) is 65.8 Å². The van der Waals surface area contributed by atoms with Crippen molar-refractivity contribution in [3.05, 3.63) is 382 Å². The predicted molar refractivity (Wildman–Crippen MR) is 441 cm³/mol. The summed E-state index contributed by atoms with van der Waals surface area (Å²) in [6.07, 6.45) is 10.9. The summed E-state index contributed by atoms with van der Waals surface area (Å²) in [5, 5.41) is 4.47. The van der Waals surface area contributed by atoms with Crippen LogP contribution in [0.1, 0.15) is 5.56 Å². The average molecular weight is 1960 g/mol. The van der Waals surface area contributed by atoms with E-state index in [1.807, 2.05) is 201 Å². The van der Waals surface area contributed by atoms with E-state index in [0.29, 0.717) is 0 Å². The molecular formula is C94H86Ir3N6Si3-6. The number of aromatic nitrogens is 6. The second-order valence-electron chi connectivity index (χ2n) is 27.6. The third kappa shape index (κ3) is 25.9. The molecule has 9 aromatic carbocycles. The van der Waals surface area contributed by atoms with Gasteiger partial charge in [-0.05, 0) is 77.0 Å². The maximum absolute atomic E-state index is 4.46. The Labute approximate surface area is 673 Å². The van der Waals surface area contributed by atoms with Crippen LogP contribution >= 0.6 is 0 Å². The minimum absolute atomic E-state index is 0. The Morgan fingerprint density at radius 1 is 0.226 bits per heavy atom. The summed E-state index contributed by atoms with van der Waals surface area (Å²) in [7, 11) is -3.74. The molecule has 0 bridgehead atoms. The summed E-state index contributed by atoms with van der Waals surface area (Å²) in [4.78, 5) is 25.9. The van der Waals surface area contributed by atoms with Gasteiger partial charge in [-0.2, -0.15) is 0 Å². The first-order valence-electron chi connectivity index (χ1n) is 34.7. The molecule has 0 amide bonds. The van der Waals surface area contributed by atoms with Crippen LogP contribution in [-0.2, 0) is 60.3 Å². The number of pyridine rings is 6. The first-order valence-corrected chi connectivity index (χ1v) is 45.2. The van der Waals surface area contributed by atoms with Crippen molar-refractivity contribution >= 4 is 39.8 Å². The van der Waals surface area contributed by atoms with Gasteiger partial charge in [-0.1, -0.05) is 253 Å². The normalized spacial score (nSPS) is 10.5. The third-order valence-corrected chi connectivity index (χ3v) is 22.9. The van der Waals surface area contributed by atoms with Crippen LogP contribution in [0.2, 0.25) is 58.9 Å². The molecule has 0 N–H and O–H groups in total. The van der Waals surface area contributed by atoms with Crippen LogP contribution in [-0.4, -0.2) is 54.1 Å². The van der Waals surface area contributed by atoms with E-state index in [2.05, 4.69) is 253 Å². The molecule has 15 rings (SSSR count). The van der Waals surface area contributed by atoms with Crippen LogP contribution in [0.5, 0.6) is 0 Å². The summed E-state index contributed by atoms with van der Waals surface area (Å²) in [6, 6.07) is 122. The maximum Gasteiger partial charge on any atom is 0.0775 e. The Hall–Kier alpha value is -9.52. The van der Waals surface area contributed by atoms with Crippen molar-refractivity contribution < 1.29 is 60.3 Å². The SMILES string of the molecule is C[Si](C)(C)c1ccc(-c2c[c-]c(-c3ccccn3)cc2)cc1.C[Si](C)(C)c1cccc(-c2c[c-]c(-c3ccccn3)cc2)c1.Cc1ccc(-c2[c-]cc(-c3ccc([Si](C)(C)C)cc3)cc2)nc1.[Ir].[Ir].[Ir].[c-]1ccccc1-c1ccccn1.[c-]1ccccc1-c1ccccn1.[c-]1ccccc1-c1ccccn1. The van der Waals surface area contributed by atoms with Crippen molar-refractivity contribution in [2.75, 3.05) is 0 Å². The summed E-state index contributed by atoms with van der Waals surface area (Å²) in [5.74, 6) is 0. The number of rotatable bonds is 12. The van der Waals surface area contributed by atoms with E-state index < -0.39 is 24.2 Å². The fourth-order valence-electron chi connectivity index (χ4n) is 10.7. The van der Waals surface area contributed by atoms with Gasteiger partial charge in [0, 0.05) is 97.5 Å². The summed E-state index contributed by atoms with van der Waals surface area (Å²) in [5.41, 5.74) is 20.5. The van der Waals surface area contributed by atoms with Gasteiger partial charge in [-0.3, -0.25) is 0 Å². The number of aryl methyl sites for hydroxylation is 1. The first-order chi connectivity index (χ1) is 49.9. The van der Waals surface area contributed by atoms with E-state index in [-0.39, 0.29) is 60.3 Å². The van der Waals surface area contributed by atoms with Gasteiger partial charge in [0.2, 0.25) is 0 Å². The Balaban J connectivity index is 0.000000180. The molecule has 0 spiro atoms. The molecule has 6 nitrogen and oxygen atoms in total. The van der Waals surface area contributed by atoms with E-state index in [9.17, 15) is 0 Å². The monoisotopic (exact) mass is 1960 g/mol. The molecule has 0 fully saturated rings. The van der Waals surface area contributed by atoms with E-state index in [0.717, 1.165) is 67.5 Å². The Kier molecular flexibility index (Phi) is 33.2. The van der Waals surface area contributed by atoms with Crippen LogP contribution in [0.15, 0.2) is 340 Å². The zero-order valence-corrected chi connectivity index (χ0v) is 71.7. The second kappa shape index (κ2) is 42.0. The van der Waals surface area contributed by atoms with Gasteiger partial charge in [-0.25, -0.2) is 0 Å². The molecule has 0 saturated heterocycles. The number of hydrogen-bond acceptors (Lipinski definition) is 6. The number of nitrogens with zero attached hydrogens (tertiary/aromatic N) is 6. The van der Waals surface area contributed by atoms with Gasteiger partial charge in [0.25, 0.3) is 0 Å². The maximum atomic E-state index is 4.46. The largest absolute Gasteiger partial charge is 0.305 e. The Bertz CT molecular complexity index is 4640. The molecule has 0 aliphatic heterocycles. The molecule has 0 saturated carbocycles. The van der Waals surface area contributed by atoms with Gasteiger partial charge < -0.3 is 29.9 Å². The zero-order chi connectivity index (χ0) is 72.3. The molecule has 0 aliphatic carbocycles. The molecule has 3 radical (unpaired) electrons. The zero-order valence-electron chi connectivity index (χ0n) is 61.5. The standard InChI is InChI=1S/C21H22NSi.2C20H20NSi.3C11H8N.3Ir/c1-16-5-14-21(22-15-16)19-8-6-17(7-9-19)18-10-12-20(13-11-18)23(2,3)4;1-22(2,3)19-8-6-7-18(15-19)16-10-12-17(13-11-16)20-9-4-5-14-21-20;1-22(2,3)19-13-11-17(12-14-19)16-7-9-18(10-8-16)20-6-4-5-15-21-20;3*1-2-6-10(7-3-1)11-8-4-5-9-12-11;;;/h5-8,10-15H,1-4H3;4-12,14-15H,1-3H3;4-9,11-15H,1-3H3;3*1-6,8-9H;;;/q6*-1;;;. The van der Waals surface area contributed by atoms with Crippen molar-refractivity contribution in [3.8, 4) is 101 Å². The van der Waals surface area contributed by atoms with Gasteiger partial charge in [0.1, 0.15) is 0 Å². The molecule has 15 aromatic rings. The quantitative estimate of drug-likeness (QED) is 0.0896. The van der Waals surface area contributed by atoms with E-state index in [1.165, 1.54) is 54.5 Å².